The van der Waals surface area contributed by atoms with E-state index in [4.69, 9.17) is 4.74 Å². The summed E-state index contributed by atoms with van der Waals surface area (Å²) in [5, 5.41) is 0. The standard InChI is InChI=1S/C26H46NOS.BrH/c1-2-3-4-5-6-7-8-9-10-11-12-13-14-15-17-20-26-28-25(24-29-26)23-27-21-18-16-19-22-27;/h16,18-19,21-22,25-26H,2-15,17,20,23-24H2,1H3;1H/q+1;/p-1. The van der Waals surface area contributed by atoms with Crippen LogP contribution in [-0.4, -0.2) is 17.3 Å². The largest absolute Gasteiger partial charge is 1.00 e. The minimum atomic E-state index is 0. The van der Waals surface area contributed by atoms with Gasteiger partial charge in [-0.25, -0.2) is 4.57 Å². The summed E-state index contributed by atoms with van der Waals surface area (Å²) in [5.41, 5.74) is 0.436. The number of aromatic nitrogens is 1. The highest BCUT2D eigenvalue weighted by Gasteiger charge is 2.28. The first-order valence-electron chi connectivity index (χ1n) is 12.6. The molecule has 0 aromatic carbocycles. The van der Waals surface area contributed by atoms with Gasteiger partial charge in [0.2, 0.25) is 0 Å². The van der Waals surface area contributed by atoms with Crippen LogP contribution in [0.15, 0.2) is 30.6 Å². The second-order valence-electron chi connectivity index (χ2n) is 8.83. The molecular formula is C26H46BrNOS. The van der Waals surface area contributed by atoms with E-state index in [-0.39, 0.29) is 17.0 Å². The molecule has 2 rings (SSSR count). The van der Waals surface area contributed by atoms with Crippen molar-refractivity contribution in [1.29, 1.82) is 0 Å². The third kappa shape index (κ3) is 14.1. The number of rotatable bonds is 18. The van der Waals surface area contributed by atoms with Crippen LogP contribution in [0.25, 0.3) is 0 Å². The number of pyridine rings is 1. The maximum atomic E-state index is 6.23. The highest BCUT2D eigenvalue weighted by Crippen LogP contribution is 2.29. The lowest BCUT2D eigenvalue weighted by Crippen LogP contribution is -3.00. The zero-order valence-electron chi connectivity index (χ0n) is 19.4. The molecule has 1 aromatic rings. The number of hydrogen-bond donors (Lipinski definition) is 0. The molecule has 1 fully saturated rings. The van der Waals surface area contributed by atoms with Crippen LogP contribution in [0.1, 0.15) is 110 Å². The van der Waals surface area contributed by atoms with Crippen LogP contribution in [0.5, 0.6) is 0 Å². The zero-order chi connectivity index (χ0) is 20.4. The number of thioether (sulfide) groups is 1. The lowest BCUT2D eigenvalue weighted by Gasteiger charge is -2.10. The molecule has 1 aliphatic heterocycles. The monoisotopic (exact) mass is 499 g/mol. The summed E-state index contributed by atoms with van der Waals surface area (Å²) in [6.45, 7) is 3.29. The van der Waals surface area contributed by atoms with E-state index in [0.717, 1.165) is 12.3 Å². The van der Waals surface area contributed by atoms with Crippen LogP contribution in [0, 0.1) is 0 Å². The first-order chi connectivity index (χ1) is 14.4. The number of halogens is 1. The second kappa shape index (κ2) is 19.6. The van der Waals surface area contributed by atoms with E-state index >= 15 is 0 Å². The average molecular weight is 501 g/mol. The van der Waals surface area contributed by atoms with Gasteiger partial charge in [-0.2, -0.15) is 0 Å². The van der Waals surface area contributed by atoms with Gasteiger partial charge in [-0.05, 0) is 12.8 Å². The van der Waals surface area contributed by atoms with Crippen molar-refractivity contribution in [3.63, 3.8) is 0 Å². The normalized spacial score (nSPS) is 18.4. The van der Waals surface area contributed by atoms with Gasteiger partial charge in [0.1, 0.15) is 11.5 Å². The van der Waals surface area contributed by atoms with E-state index in [0.29, 0.717) is 11.5 Å². The van der Waals surface area contributed by atoms with Crippen LogP contribution in [-0.2, 0) is 11.3 Å². The average Bonchev–Trinajstić information content (AvgIpc) is 3.19. The molecule has 2 atom stereocenters. The maximum absolute atomic E-state index is 6.23. The molecule has 2 unspecified atom stereocenters. The van der Waals surface area contributed by atoms with Crippen LogP contribution >= 0.6 is 11.8 Å². The van der Waals surface area contributed by atoms with Crippen LogP contribution in [0.4, 0.5) is 0 Å². The summed E-state index contributed by atoms with van der Waals surface area (Å²) in [7, 11) is 0. The molecule has 0 radical (unpaired) electrons. The van der Waals surface area contributed by atoms with Gasteiger partial charge in [0.05, 0.1) is 0 Å². The molecular weight excluding hydrogens is 454 g/mol. The van der Waals surface area contributed by atoms with E-state index in [2.05, 4.69) is 42.1 Å². The predicted molar refractivity (Wildman–Crippen MR) is 127 cm³/mol. The molecule has 174 valence electrons. The molecule has 1 aromatic heterocycles. The second-order valence-corrected chi connectivity index (χ2v) is 10.0. The van der Waals surface area contributed by atoms with Crippen LogP contribution in [0.3, 0.4) is 0 Å². The third-order valence-electron chi connectivity index (χ3n) is 6.05. The molecule has 0 amide bonds. The summed E-state index contributed by atoms with van der Waals surface area (Å²) in [4.78, 5) is 0. The highest BCUT2D eigenvalue weighted by molar-refractivity contribution is 8.00. The number of nitrogens with zero attached hydrogens (tertiary/aromatic N) is 1. The molecule has 0 aliphatic carbocycles. The number of unbranched alkanes of at least 4 members (excludes halogenated alkanes) is 14. The molecule has 0 spiro atoms. The van der Waals surface area contributed by atoms with E-state index < -0.39 is 0 Å². The summed E-state index contributed by atoms with van der Waals surface area (Å²) in [6.07, 6.45) is 27.4. The van der Waals surface area contributed by atoms with Gasteiger partial charge in [-0.15, -0.1) is 11.8 Å². The molecule has 4 heteroatoms. The van der Waals surface area contributed by atoms with Crippen molar-refractivity contribution < 1.29 is 26.3 Å². The van der Waals surface area contributed by atoms with E-state index in [1.165, 1.54) is 103 Å². The lowest BCUT2D eigenvalue weighted by atomic mass is 10.0. The van der Waals surface area contributed by atoms with Crippen molar-refractivity contribution in [2.45, 2.75) is 128 Å². The van der Waals surface area contributed by atoms with Crippen molar-refractivity contribution in [3.8, 4) is 0 Å². The van der Waals surface area contributed by atoms with Gasteiger partial charge >= 0.3 is 0 Å². The minimum Gasteiger partial charge on any atom is -1.00 e. The van der Waals surface area contributed by atoms with Crippen molar-refractivity contribution in [3.05, 3.63) is 30.6 Å². The maximum Gasteiger partial charge on any atom is 0.175 e. The molecule has 30 heavy (non-hydrogen) atoms. The Morgan fingerprint density at radius 2 is 1.23 bits per heavy atom. The Morgan fingerprint density at radius 3 is 1.77 bits per heavy atom. The van der Waals surface area contributed by atoms with Gasteiger partial charge < -0.3 is 21.7 Å². The lowest BCUT2D eigenvalue weighted by molar-refractivity contribution is -0.703. The van der Waals surface area contributed by atoms with Crippen LogP contribution < -0.4 is 21.5 Å². The Bertz CT molecular complexity index is 487. The molecule has 0 bridgehead atoms. The molecule has 2 nitrogen and oxygen atoms in total. The molecule has 0 N–H and O–H groups in total. The fourth-order valence-electron chi connectivity index (χ4n) is 4.23. The van der Waals surface area contributed by atoms with Crippen LogP contribution in [0.2, 0.25) is 0 Å². The third-order valence-corrected chi connectivity index (χ3v) is 7.33. The number of ether oxygens (including phenoxy) is 1. The van der Waals surface area contributed by atoms with E-state index in [9.17, 15) is 0 Å². The Labute approximate surface area is 201 Å². The van der Waals surface area contributed by atoms with Gasteiger partial charge in [0.25, 0.3) is 0 Å². The summed E-state index contributed by atoms with van der Waals surface area (Å²) in [6, 6.07) is 6.25. The first-order valence-corrected chi connectivity index (χ1v) is 13.6. The molecule has 1 saturated heterocycles. The highest BCUT2D eigenvalue weighted by atomic mass is 79.9. The van der Waals surface area contributed by atoms with Crippen molar-refractivity contribution >= 4 is 11.8 Å². The smallest absolute Gasteiger partial charge is 0.175 e. The van der Waals surface area contributed by atoms with Crippen molar-refractivity contribution in [2.75, 3.05) is 5.75 Å². The fourth-order valence-corrected chi connectivity index (χ4v) is 5.41. The topological polar surface area (TPSA) is 13.1 Å². The summed E-state index contributed by atoms with van der Waals surface area (Å²) in [5.74, 6) is 1.14. The minimum absolute atomic E-state index is 0. The fraction of sp³-hybridized carbons (Fsp3) is 0.808. The predicted octanol–water partition coefficient (Wildman–Crippen LogP) is 4.70. The van der Waals surface area contributed by atoms with Crippen molar-refractivity contribution in [1.82, 2.24) is 0 Å². The summed E-state index contributed by atoms with van der Waals surface area (Å²) < 4.78 is 8.46. The quantitative estimate of drug-likeness (QED) is 0.214. The summed E-state index contributed by atoms with van der Waals surface area (Å²) >= 11 is 2.02. The first kappa shape index (κ1) is 28.0. The van der Waals surface area contributed by atoms with E-state index in [1.54, 1.807) is 0 Å². The Hall–Kier alpha value is -0.0600. The van der Waals surface area contributed by atoms with Crippen molar-refractivity contribution in [2.24, 2.45) is 0 Å². The van der Waals surface area contributed by atoms with Gasteiger partial charge in [0, 0.05) is 17.9 Å². The van der Waals surface area contributed by atoms with Gasteiger partial charge in [-0.3, -0.25) is 0 Å². The zero-order valence-corrected chi connectivity index (χ0v) is 21.8. The number of hydrogen-bond acceptors (Lipinski definition) is 2. The molecule has 1 aliphatic rings. The van der Waals surface area contributed by atoms with Gasteiger partial charge in [0.15, 0.2) is 18.9 Å². The van der Waals surface area contributed by atoms with E-state index in [1.807, 2.05) is 11.8 Å². The molecule has 2 heterocycles. The SMILES string of the molecule is CCCCCCCCCCCCCCCCCC1OC(C[n+]2ccccc2)CS1.[Br-]. The van der Waals surface area contributed by atoms with Gasteiger partial charge in [-0.1, -0.05) is 103 Å². The molecule has 0 saturated carbocycles. The Morgan fingerprint density at radius 1 is 0.733 bits per heavy atom. The Balaban J connectivity index is 0.00000450. The Kier molecular flexibility index (Phi) is 18.3.